The van der Waals surface area contributed by atoms with E-state index in [2.05, 4.69) is 11.6 Å². The van der Waals surface area contributed by atoms with Crippen LogP contribution in [-0.4, -0.2) is 24.7 Å². The van der Waals surface area contributed by atoms with Gasteiger partial charge in [-0.3, -0.25) is 0 Å². The van der Waals surface area contributed by atoms with Crippen LogP contribution < -0.4 is 0 Å². The summed E-state index contributed by atoms with van der Waals surface area (Å²) >= 11 is 0. The molecule has 0 amide bonds. The molecule has 0 bridgehead atoms. The van der Waals surface area contributed by atoms with Crippen LogP contribution in [0.5, 0.6) is 0 Å². The maximum atomic E-state index is 10.7. The summed E-state index contributed by atoms with van der Waals surface area (Å²) in [7, 11) is 0. The first-order valence-electron chi connectivity index (χ1n) is 3.61. The highest BCUT2D eigenvalue weighted by Crippen LogP contribution is 1.98. The minimum atomic E-state index is -0.497. The Bertz CT molecular complexity index is 206. The molecule has 0 N–H and O–H groups in total. The average molecular weight is 169 g/mol. The third kappa shape index (κ3) is 4.41. The number of esters is 1. The molecule has 66 valence electrons. The Balaban J connectivity index is 3.89. The summed E-state index contributed by atoms with van der Waals surface area (Å²) in [6.07, 6.45) is 2.72. The first-order valence-corrected chi connectivity index (χ1v) is 3.61. The van der Waals surface area contributed by atoms with E-state index in [-0.39, 0.29) is 12.6 Å². The van der Waals surface area contributed by atoms with Gasteiger partial charge < -0.3 is 4.74 Å². The molecule has 0 aliphatic heterocycles. The van der Waals surface area contributed by atoms with Crippen molar-refractivity contribution in [1.82, 2.24) is 0 Å². The zero-order chi connectivity index (χ0) is 9.40. The van der Waals surface area contributed by atoms with Crippen molar-refractivity contribution in [2.75, 3.05) is 6.54 Å². The van der Waals surface area contributed by atoms with Gasteiger partial charge >= 0.3 is 5.97 Å². The Morgan fingerprint density at radius 3 is 2.92 bits per heavy atom. The van der Waals surface area contributed by atoms with E-state index < -0.39 is 5.97 Å². The van der Waals surface area contributed by atoms with E-state index in [1.165, 1.54) is 6.08 Å². The summed E-state index contributed by atoms with van der Waals surface area (Å²) in [5.41, 5.74) is 0. The summed E-state index contributed by atoms with van der Waals surface area (Å²) in [5.74, 6) is -0.497. The second kappa shape index (κ2) is 6.31. The van der Waals surface area contributed by atoms with Crippen LogP contribution in [0.25, 0.3) is 0 Å². The van der Waals surface area contributed by atoms with Crippen molar-refractivity contribution in [3.63, 3.8) is 0 Å². The molecule has 0 spiro atoms. The van der Waals surface area contributed by atoms with Gasteiger partial charge in [-0.1, -0.05) is 13.5 Å². The molecule has 0 fully saturated rings. The molecule has 4 nitrogen and oxygen atoms in total. The van der Waals surface area contributed by atoms with Crippen molar-refractivity contribution >= 4 is 12.0 Å². The Hall–Kier alpha value is -1.41. The smallest absolute Gasteiger partial charge is 0.330 e. The lowest BCUT2D eigenvalue weighted by Crippen LogP contribution is -2.18. The zero-order valence-electron chi connectivity index (χ0n) is 6.95. The first kappa shape index (κ1) is 10.6. The predicted molar refractivity (Wildman–Crippen MR) is 43.4 cm³/mol. The first-order chi connectivity index (χ1) is 5.74. The van der Waals surface area contributed by atoms with Gasteiger partial charge in [-0.25, -0.2) is 14.6 Å². The molecule has 0 rings (SSSR count). The Morgan fingerprint density at radius 1 is 1.83 bits per heavy atom. The molecule has 1 unspecified atom stereocenters. The Kier molecular flexibility index (Phi) is 5.57. The summed E-state index contributed by atoms with van der Waals surface area (Å²) in [6, 6.07) is 0. The highest BCUT2D eigenvalue weighted by Gasteiger charge is 2.08. The quantitative estimate of drug-likeness (QED) is 0.265. The van der Waals surface area contributed by atoms with E-state index in [1.807, 2.05) is 6.92 Å². The standard InChI is InChI=1S/C8H11NO3/c1-3-7(5-9-6-10)12-8(11)4-2/h4,7H,2-3,5H2,1H3. The van der Waals surface area contributed by atoms with Gasteiger partial charge in [0.05, 0.1) is 6.54 Å². The molecule has 1 atom stereocenters. The lowest BCUT2D eigenvalue weighted by Gasteiger charge is -2.10. The largest absolute Gasteiger partial charge is 0.457 e. The van der Waals surface area contributed by atoms with Crippen LogP contribution >= 0.6 is 0 Å². The van der Waals surface area contributed by atoms with Crippen LogP contribution in [0.3, 0.4) is 0 Å². The minimum absolute atomic E-state index is 0.166. The molecule has 0 saturated carbocycles. The van der Waals surface area contributed by atoms with Crippen LogP contribution in [-0.2, 0) is 14.3 Å². The molecule has 0 aliphatic rings. The lowest BCUT2D eigenvalue weighted by molar-refractivity contribution is -0.142. The molecule has 0 aromatic rings. The lowest BCUT2D eigenvalue weighted by atomic mass is 10.3. The molecule has 0 saturated heterocycles. The van der Waals surface area contributed by atoms with Gasteiger partial charge in [-0.15, -0.1) is 0 Å². The number of aliphatic imine (C=N–C) groups is 1. The molecule has 0 radical (unpaired) electrons. The number of hydrogen-bond acceptors (Lipinski definition) is 4. The van der Waals surface area contributed by atoms with E-state index in [4.69, 9.17) is 4.74 Å². The predicted octanol–water partition coefficient (Wildman–Crippen LogP) is 0.830. The monoisotopic (exact) mass is 169 g/mol. The third-order valence-electron chi connectivity index (χ3n) is 1.26. The number of carbonyl (C=O) groups excluding carboxylic acids is 2. The van der Waals surface area contributed by atoms with Crippen LogP contribution in [0.2, 0.25) is 0 Å². The van der Waals surface area contributed by atoms with Crippen molar-refractivity contribution < 1.29 is 14.3 Å². The van der Waals surface area contributed by atoms with Crippen molar-refractivity contribution in [2.45, 2.75) is 19.4 Å². The van der Waals surface area contributed by atoms with E-state index in [0.29, 0.717) is 6.42 Å². The van der Waals surface area contributed by atoms with Gasteiger partial charge in [-0.2, -0.15) is 0 Å². The molecule has 0 aromatic carbocycles. The fraction of sp³-hybridized carbons (Fsp3) is 0.500. The van der Waals surface area contributed by atoms with Gasteiger partial charge in [0.25, 0.3) is 0 Å². The number of rotatable bonds is 5. The van der Waals surface area contributed by atoms with Crippen LogP contribution in [0.15, 0.2) is 17.6 Å². The van der Waals surface area contributed by atoms with Crippen LogP contribution in [0.1, 0.15) is 13.3 Å². The maximum Gasteiger partial charge on any atom is 0.330 e. The molecule has 0 aromatic heterocycles. The van der Waals surface area contributed by atoms with Crippen molar-refractivity contribution in [1.29, 1.82) is 0 Å². The highest BCUT2D eigenvalue weighted by molar-refractivity contribution is 5.81. The molecule has 0 heterocycles. The fourth-order valence-corrected chi connectivity index (χ4v) is 0.601. The van der Waals surface area contributed by atoms with Crippen molar-refractivity contribution in [3.8, 4) is 0 Å². The van der Waals surface area contributed by atoms with Crippen LogP contribution in [0, 0.1) is 0 Å². The van der Waals surface area contributed by atoms with Crippen molar-refractivity contribution in [3.05, 3.63) is 12.7 Å². The van der Waals surface area contributed by atoms with E-state index in [9.17, 15) is 9.59 Å². The van der Waals surface area contributed by atoms with Crippen LogP contribution in [0.4, 0.5) is 0 Å². The van der Waals surface area contributed by atoms with Gasteiger partial charge in [0.15, 0.2) is 0 Å². The zero-order valence-corrected chi connectivity index (χ0v) is 6.95. The van der Waals surface area contributed by atoms with E-state index in [1.54, 1.807) is 0 Å². The van der Waals surface area contributed by atoms with Gasteiger partial charge in [0.2, 0.25) is 6.08 Å². The van der Waals surface area contributed by atoms with Crippen molar-refractivity contribution in [2.24, 2.45) is 4.99 Å². The molecule has 4 heteroatoms. The molecule has 12 heavy (non-hydrogen) atoms. The Labute approximate surface area is 70.9 Å². The summed E-state index contributed by atoms with van der Waals surface area (Å²) < 4.78 is 4.82. The number of nitrogens with zero attached hydrogens (tertiary/aromatic N) is 1. The van der Waals surface area contributed by atoms with E-state index in [0.717, 1.165) is 6.08 Å². The topological polar surface area (TPSA) is 55.7 Å². The number of hydrogen-bond donors (Lipinski definition) is 0. The molecular formula is C8H11NO3. The normalized spacial score (nSPS) is 11.1. The second-order valence-corrected chi connectivity index (χ2v) is 2.10. The number of isocyanates is 1. The third-order valence-corrected chi connectivity index (χ3v) is 1.26. The fourth-order valence-electron chi connectivity index (χ4n) is 0.601. The second-order valence-electron chi connectivity index (χ2n) is 2.10. The highest BCUT2D eigenvalue weighted by atomic mass is 16.5. The minimum Gasteiger partial charge on any atom is -0.457 e. The average Bonchev–Trinajstić information content (AvgIpc) is 2.11. The number of ether oxygens (including phenoxy) is 1. The van der Waals surface area contributed by atoms with Gasteiger partial charge in [-0.05, 0) is 6.42 Å². The number of carbonyl (C=O) groups is 1. The molecule has 0 aliphatic carbocycles. The van der Waals surface area contributed by atoms with E-state index >= 15 is 0 Å². The SMILES string of the molecule is C=CC(=O)OC(CC)CN=C=O. The summed E-state index contributed by atoms with van der Waals surface area (Å²) in [6.45, 7) is 5.25. The Morgan fingerprint density at radius 2 is 2.50 bits per heavy atom. The maximum absolute atomic E-state index is 10.7. The van der Waals surface area contributed by atoms with Gasteiger partial charge in [0, 0.05) is 6.08 Å². The summed E-state index contributed by atoms with van der Waals surface area (Å²) in [5, 5.41) is 0. The summed E-state index contributed by atoms with van der Waals surface area (Å²) in [4.78, 5) is 23.7. The molecular weight excluding hydrogens is 158 g/mol. The van der Waals surface area contributed by atoms with Gasteiger partial charge in [0.1, 0.15) is 6.10 Å².